The number of urea groups is 1. The van der Waals surface area contributed by atoms with Crippen molar-refractivity contribution in [2.45, 2.75) is 19.6 Å². The minimum Gasteiger partial charge on any atom is -0.394 e. The molecular formula is C13H20N2O3. The van der Waals surface area contributed by atoms with Crippen LogP contribution in [0.4, 0.5) is 4.79 Å². The number of nitrogens with one attached hydrogen (secondary N) is 2. The highest BCUT2D eigenvalue weighted by Crippen LogP contribution is 1.99. The summed E-state index contributed by atoms with van der Waals surface area (Å²) in [5.74, 6) is 0. The van der Waals surface area contributed by atoms with Crippen molar-refractivity contribution in [3.05, 3.63) is 35.9 Å². The number of rotatable bonds is 7. The van der Waals surface area contributed by atoms with Gasteiger partial charge in [-0.2, -0.15) is 0 Å². The highest BCUT2D eigenvalue weighted by Gasteiger charge is 2.04. The largest absolute Gasteiger partial charge is 0.394 e. The third kappa shape index (κ3) is 6.22. The van der Waals surface area contributed by atoms with Gasteiger partial charge < -0.3 is 20.5 Å². The summed E-state index contributed by atoms with van der Waals surface area (Å²) in [7, 11) is 0. The Morgan fingerprint density at radius 3 is 2.78 bits per heavy atom. The van der Waals surface area contributed by atoms with Crippen LogP contribution in [0.2, 0.25) is 0 Å². The molecule has 1 unspecified atom stereocenters. The molecule has 100 valence electrons. The van der Waals surface area contributed by atoms with Crippen LogP contribution >= 0.6 is 0 Å². The summed E-state index contributed by atoms with van der Waals surface area (Å²) in [5, 5.41) is 14.0. The van der Waals surface area contributed by atoms with Gasteiger partial charge in [-0.1, -0.05) is 30.3 Å². The standard InChI is InChI=1S/C13H20N2O3/c1-11(9-16)15-13(17)14-7-8-18-10-12-5-3-2-4-6-12/h2-6,11,16H,7-10H2,1H3,(H2,14,15,17). The first kappa shape index (κ1) is 14.5. The van der Waals surface area contributed by atoms with E-state index in [0.29, 0.717) is 19.8 Å². The number of benzene rings is 1. The van der Waals surface area contributed by atoms with Crippen LogP contribution in [0.3, 0.4) is 0 Å². The summed E-state index contributed by atoms with van der Waals surface area (Å²) in [6.45, 7) is 3.09. The van der Waals surface area contributed by atoms with Gasteiger partial charge in [0.15, 0.2) is 0 Å². The SMILES string of the molecule is CC(CO)NC(=O)NCCOCc1ccccc1. The number of aliphatic hydroxyl groups excluding tert-OH is 1. The first-order chi connectivity index (χ1) is 8.72. The van der Waals surface area contributed by atoms with Gasteiger partial charge in [-0.3, -0.25) is 0 Å². The Morgan fingerprint density at radius 1 is 1.39 bits per heavy atom. The van der Waals surface area contributed by atoms with Gasteiger partial charge in [0.05, 0.1) is 25.9 Å². The van der Waals surface area contributed by atoms with E-state index < -0.39 is 0 Å². The van der Waals surface area contributed by atoms with E-state index in [4.69, 9.17) is 9.84 Å². The molecule has 3 N–H and O–H groups in total. The van der Waals surface area contributed by atoms with Crippen LogP contribution in [0.15, 0.2) is 30.3 Å². The fourth-order valence-electron chi connectivity index (χ4n) is 1.32. The predicted octanol–water partition coefficient (Wildman–Crippen LogP) is 0.883. The number of carbonyl (C=O) groups excluding carboxylic acids is 1. The first-order valence-corrected chi connectivity index (χ1v) is 5.99. The van der Waals surface area contributed by atoms with Crippen LogP contribution in [-0.2, 0) is 11.3 Å². The molecule has 1 aromatic carbocycles. The zero-order valence-corrected chi connectivity index (χ0v) is 10.6. The number of amides is 2. The Hall–Kier alpha value is -1.59. The Bertz CT molecular complexity index is 343. The minimum atomic E-state index is -0.292. The lowest BCUT2D eigenvalue weighted by atomic mass is 10.2. The number of aliphatic hydroxyl groups is 1. The average molecular weight is 252 g/mol. The molecule has 0 saturated carbocycles. The maximum absolute atomic E-state index is 11.3. The predicted molar refractivity (Wildman–Crippen MR) is 69.2 cm³/mol. The van der Waals surface area contributed by atoms with Gasteiger partial charge in [0.1, 0.15) is 0 Å². The van der Waals surface area contributed by atoms with Crippen molar-refractivity contribution in [2.75, 3.05) is 19.8 Å². The highest BCUT2D eigenvalue weighted by atomic mass is 16.5. The zero-order valence-electron chi connectivity index (χ0n) is 10.6. The van der Waals surface area contributed by atoms with Crippen molar-refractivity contribution in [1.29, 1.82) is 0 Å². The summed E-state index contributed by atoms with van der Waals surface area (Å²) < 4.78 is 5.41. The molecule has 0 aliphatic rings. The minimum absolute atomic E-state index is 0.0715. The molecule has 0 radical (unpaired) electrons. The van der Waals surface area contributed by atoms with Crippen molar-refractivity contribution < 1.29 is 14.6 Å². The van der Waals surface area contributed by atoms with Crippen LogP contribution in [0, 0.1) is 0 Å². The number of carbonyl (C=O) groups is 1. The molecule has 1 atom stereocenters. The van der Waals surface area contributed by atoms with Gasteiger partial charge in [-0.15, -0.1) is 0 Å². The lowest BCUT2D eigenvalue weighted by Gasteiger charge is -2.12. The molecule has 5 heteroatoms. The molecule has 0 aliphatic carbocycles. The van der Waals surface area contributed by atoms with E-state index in [1.165, 1.54) is 0 Å². The zero-order chi connectivity index (χ0) is 13.2. The molecule has 5 nitrogen and oxygen atoms in total. The molecule has 18 heavy (non-hydrogen) atoms. The fourth-order valence-corrected chi connectivity index (χ4v) is 1.32. The van der Waals surface area contributed by atoms with Crippen LogP contribution in [-0.4, -0.2) is 36.9 Å². The molecule has 0 aromatic heterocycles. The molecule has 0 bridgehead atoms. The van der Waals surface area contributed by atoms with Gasteiger partial charge in [0, 0.05) is 6.54 Å². The summed E-state index contributed by atoms with van der Waals surface area (Å²) >= 11 is 0. The fraction of sp³-hybridized carbons (Fsp3) is 0.462. The smallest absolute Gasteiger partial charge is 0.315 e. The van der Waals surface area contributed by atoms with Gasteiger partial charge in [0.25, 0.3) is 0 Å². The van der Waals surface area contributed by atoms with Crippen LogP contribution in [0.25, 0.3) is 0 Å². The summed E-state index contributed by atoms with van der Waals surface area (Å²) in [4.78, 5) is 11.3. The quantitative estimate of drug-likeness (QED) is 0.631. The van der Waals surface area contributed by atoms with Crippen LogP contribution in [0.1, 0.15) is 12.5 Å². The van der Waals surface area contributed by atoms with E-state index in [9.17, 15) is 4.79 Å². The van der Waals surface area contributed by atoms with Gasteiger partial charge in [0.2, 0.25) is 0 Å². The van der Waals surface area contributed by atoms with Crippen molar-refractivity contribution >= 4 is 6.03 Å². The average Bonchev–Trinajstić information content (AvgIpc) is 2.39. The Balaban J connectivity index is 2.03. The van der Waals surface area contributed by atoms with E-state index in [0.717, 1.165) is 5.56 Å². The van der Waals surface area contributed by atoms with Crippen molar-refractivity contribution in [3.63, 3.8) is 0 Å². The molecular weight excluding hydrogens is 232 g/mol. The van der Waals surface area contributed by atoms with E-state index >= 15 is 0 Å². The number of hydrogen-bond acceptors (Lipinski definition) is 3. The third-order valence-electron chi connectivity index (χ3n) is 2.29. The molecule has 2 amide bonds. The second-order valence-corrected chi connectivity index (χ2v) is 4.02. The Morgan fingerprint density at radius 2 is 2.11 bits per heavy atom. The first-order valence-electron chi connectivity index (χ1n) is 5.99. The van der Waals surface area contributed by atoms with Gasteiger partial charge in [-0.25, -0.2) is 4.79 Å². The monoisotopic (exact) mass is 252 g/mol. The maximum atomic E-state index is 11.3. The second kappa shape index (κ2) is 8.49. The molecule has 0 saturated heterocycles. The Kier molecular flexibility index (Phi) is 6.83. The number of ether oxygens (including phenoxy) is 1. The molecule has 1 rings (SSSR count). The van der Waals surface area contributed by atoms with Gasteiger partial charge >= 0.3 is 6.03 Å². The van der Waals surface area contributed by atoms with Crippen molar-refractivity contribution in [1.82, 2.24) is 10.6 Å². The highest BCUT2D eigenvalue weighted by molar-refractivity contribution is 5.74. The summed E-state index contributed by atoms with van der Waals surface area (Å²) in [6.07, 6.45) is 0. The second-order valence-electron chi connectivity index (χ2n) is 4.02. The van der Waals surface area contributed by atoms with Crippen LogP contribution < -0.4 is 10.6 Å². The van der Waals surface area contributed by atoms with Gasteiger partial charge in [-0.05, 0) is 12.5 Å². The Labute approximate surface area is 107 Å². The third-order valence-corrected chi connectivity index (χ3v) is 2.29. The van der Waals surface area contributed by atoms with Crippen molar-refractivity contribution in [2.24, 2.45) is 0 Å². The summed E-state index contributed by atoms with van der Waals surface area (Å²) in [6, 6.07) is 9.32. The molecule has 0 spiro atoms. The molecule has 0 fully saturated rings. The normalized spacial score (nSPS) is 11.9. The number of hydrogen-bond donors (Lipinski definition) is 3. The summed E-state index contributed by atoms with van der Waals surface area (Å²) in [5.41, 5.74) is 1.11. The lowest BCUT2D eigenvalue weighted by Crippen LogP contribution is -2.43. The molecule has 0 heterocycles. The topological polar surface area (TPSA) is 70.6 Å². The van der Waals surface area contributed by atoms with E-state index in [1.807, 2.05) is 30.3 Å². The van der Waals surface area contributed by atoms with E-state index in [-0.39, 0.29) is 18.7 Å². The van der Waals surface area contributed by atoms with E-state index in [1.54, 1.807) is 6.92 Å². The van der Waals surface area contributed by atoms with E-state index in [2.05, 4.69) is 10.6 Å². The van der Waals surface area contributed by atoms with Crippen LogP contribution in [0.5, 0.6) is 0 Å². The van der Waals surface area contributed by atoms with Crippen molar-refractivity contribution in [3.8, 4) is 0 Å². The molecule has 1 aromatic rings. The maximum Gasteiger partial charge on any atom is 0.315 e. The molecule has 0 aliphatic heterocycles. The lowest BCUT2D eigenvalue weighted by molar-refractivity contribution is 0.123.